The zero-order valence-electron chi connectivity index (χ0n) is 21.9. The van der Waals surface area contributed by atoms with E-state index in [1.807, 2.05) is 6.07 Å². The highest BCUT2D eigenvalue weighted by Gasteiger charge is 2.23. The molecule has 0 unspecified atom stereocenters. The molecule has 4 aromatic rings. The van der Waals surface area contributed by atoms with Crippen molar-refractivity contribution in [2.45, 2.75) is 45.7 Å². The van der Waals surface area contributed by atoms with Crippen molar-refractivity contribution in [3.8, 4) is 0 Å². The Morgan fingerprint density at radius 1 is 0.973 bits per heavy atom. The fourth-order valence-electron chi connectivity index (χ4n) is 5.34. The maximum atomic E-state index is 13.4. The Labute approximate surface area is 218 Å². The summed E-state index contributed by atoms with van der Waals surface area (Å²) < 4.78 is 20.9. The predicted octanol–water partition coefficient (Wildman–Crippen LogP) is 6.78. The Balaban J connectivity index is 1.41. The van der Waals surface area contributed by atoms with Crippen LogP contribution in [0.25, 0.3) is 10.9 Å². The molecule has 6 nitrogen and oxygen atoms in total. The first kappa shape index (κ1) is 25.2. The second-order valence-electron chi connectivity index (χ2n) is 9.97. The maximum Gasteiger partial charge on any atom is 0.160 e. The van der Waals surface area contributed by atoms with Gasteiger partial charge in [0, 0.05) is 48.7 Å². The van der Waals surface area contributed by atoms with E-state index in [0.29, 0.717) is 6.04 Å². The molecule has 3 aromatic carbocycles. The van der Waals surface area contributed by atoms with Gasteiger partial charge in [-0.2, -0.15) is 5.10 Å². The third-order valence-corrected chi connectivity index (χ3v) is 7.28. The summed E-state index contributed by atoms with van der Waals surface area (Å²) in [4.78, 5) is 2.55. The molecule has 2 heterocycles. The quantitative estimate of drug-likeness (QED) is 0.251. The number of anilines is 4. The maximum absolute atomic E-state index is 13.4. The summed E-state index contributed by atoms with van der Waals surface area (Å²) in [5.41, 5.74) is 6.33. The fourth-order valence-corrected chi connectivity index (χ4v) is 5.34. The lowest BCUT2D eigenvalue weighted by Crippen LogP contribution is -2.34. The van der Waals surface area contributed by atoms with Crippen molar-refractivity contribution in [3.05, 3.63) is 77.6 Å². The molecule has 0 saturated carbocycles. The number of nitrogens with one attached hydrogen (secondary N) is 2. The second-order valence-corrected chi connectivity index (χ2v) is 9.97. The van der Waals surface area contributed by atoms with Crippen molar-refractivity contribution in [2.75, 3.05) is 37.4 Å². The van der Waals surface area contributed by atoms with Gasteiger partial charge in [0.15, 0.2) is 5.82 Å². The van der Waals surface area contributed by atoms with Gasteiger partial charge in [0.2, 0.25) is 0 Å². The SMILES string of the molecule is COC[C@H]1CCCN1CCCn1nc(Nc2c(C)cccc2C)c2ccc(Nc3ccc(F)cc3)cc21. The van der Waals surface area contributed by atoms with Crippen LogP contribution in [0.5, 0.6) is 0 Å². The van der Waals surface area contributed by atoms with Crippen LogP contribution < -0.4 is 10.6 Å². The molecule has 37 heavy (non-hydrogen) atoms. The molecule has 1 aromatic heterocycles. The van der Waals surface area contributed by atoms with E-state index in [1.165, 1.54) is 36.1 Å². The lowest BCUT2D eigenvalue weighted by molar-refractivity contribution is 0.114. The molecule has 0 spiro atoms. The predicted molar refractivity (Wildman–Crippen MR) is 150 cm³/mol. The van der Waals surface area contributed by atoms with Crippen LogP contribution in [0.4, 0.5) is 27.3 Å². The molecule has 1 fully saturated rings. The molecule has 1 aliphatic heterocycles. The zero-order chi connectivity index (χ0) is 25.8. The Bertz CT molecular complexity index is 1330. The summed E-state index contributed by atoms with van der Waals surface area (Å²) in [6.07, 6.45) is 3.46. The molecule has 1 atom stereocenters. The van der Waals surface area contributed by atoms with Crippen molar-refractivity contribution in [3.63, 3.8) is 0 Å². The number of hydrogen-bond donors (Lipinski definition) is 2. The summed E-state index contributed by atoms with van der Waals surface area (Å²) in [6, 6.07) is 19.5. The number of likely N-dealkylation sites (tertiary alicyclic amines) is 1. The lowest BCUT2D eigenvalue weighted by Gasteiger charge is -2.23. The highest BCUT2D eigenvalue weighted by molar-refractivity contribution is 5.94. The van der Waals surface area contributed by atoms with Crippen molar-refractivity contribution in [1.29, 1.82) is 0 Å². The third-order valence-electron chi connectivity index (χ3n) is 7.28. The first-order chi connectivity index (χ1) is 18.0. The van der Waals surface area contributed by atoms with Gasteiger partial charge in [0.05, 0.1) is 12.1 Å². The molecular formula is C30H36FN5O. The number of aromatic nitrogens is 2. The number of methoxy groups -OCH3 is 1. The average molecular weight is 502 g/mol. The van der Waals surface area contributed by atoms with E-state index in [4.69, 9.17) is 9.84 Å². The molecule has 2 N–H and O–H groups in total. The van der Waals surface area contributed by atoms with Crippen LogP contribution in [0.15, 0.2) is 60.7 Å². The number of nitrogens with zero attached hydrogens (tertiary/aromatic N) is 3. The molecular weight excluding hydrogens is 465 g/mol. The summed E-state index contributed by atoms with van der Waals surface area (Å²) >= 11 is 0. The number of hydrogen-bond acceptors (Lipinski definition) is 5. The normalized spacial score (nSPS) is 15.9. The van der Waals surface area contributed by atoms with Gasteiger partial charge in [-0.15, -0.1) is 0 Å². The van der Waals surface area contributed by atoms with E-state index < -0.39 is 0 Å². The van der Waals surface area contributed by atoms with Crippen LogP contribution in [0.1, 0.15) is 30.4 Å². The number of fused-ring (bicyclic) bond motifs is 1. The van der Waals surface area contributed by atoms with Gasteiger partial charge in [0.25, 0.3) is 0 Å². The first-order valence-electron chi connectivity index (χ1n) is 13.1. The Hall–Kier alpha value is -3.42. The molecule has 0 amide bonds. The lowest BCUT2D eigenvalue weighted by atomic mass is 10.1. The monoisotopic (exact) mass is 501 g/mol. The van der Waals surface area contributed by atoms with Crippen LogP contribution in [-0.4, -0.2) is 47.5 Å². The van der Waals surface area contributed by atoms with E-state index in [-0.39, 0.29) is 5.82 Å². The summed E-state index contributed by atoms with van der Waals surface area (Å²) in [5.74, 6) is 0.617. The van der Waals surface area contributed by atoms with Crippen molar-refractivity contribution >= 4 is 33.8 Å². The highest BCUT2D eigenvalue weighted by atomic mass is 19.1. The summed E-state index contributed by atoms with van der Waals surface area (Å²) in [6.45, 7) is 8.02. The van der Waals surface area contributed by atoms with Gasteiger partial charge in [0.1, 0.15) is 5.82 Å². The number of para-hydroxylation sites is 1. The highest BCUT2D eigenvalue weighted by Crippen LogP contribution is 2.32. The van der Waals surface area contributed by atoms with Crippen LogP contribution in [0.3, 0.4) is 0 Å². The largest absolute Gasteiger partial charge is 0.383 e. The summed E-state index contributed by atoms with van der Waals surface area (Å²) in [7, 11) is 1.79. The third kappa shape index (κ3) is 5.78. The van der Waals surface area contributed by atoms with Gasteiger partial charge in [-0.05, 0) is 93.2 Å². The molecule has 5 rings (SSSR count). The van der Waals surface area contributed by atoms with Gasteiger partial charge in [-0.25, -0.2) is 4.39 Å². The molecule has 0 aliphatic carbocycles. The molecule has 7 heteroatoms. The molecule has 1 saturated heterocycles. The standard InChI is InChI=1S/C30H36FN5O/c1-21-7-4-8-22(2)29(21)33-30-27-15-14-25(32-24-12-10-23(31)11-13-24)19-28(27)36(34-30)18-6-17-35-16-5-9-26(35)20-37-3/h4,7-8,10-15,19,26,32H,5-6,9,16-18,20H2,1-3H3,(H,33,34)/t26-/m1/s1. The van der Waals surface area contributed by atoms with Gasteiger partial charge < -0.3 is 15.4 Å². The first-order valence-corrected chi connectivity index (χ1v) is 13.1. The van der Waals surface area contributed by atoms with E-state index in [2.05, 4.69) is 64.4 Å². The Morgan fingerprint density at radius 3 is 2.49 bits per heavy atom. The summed E-state index contributed by atoms with van der Waals surface area (Å²) in [5, 5.41) is 13.1. The number of halogens is 1. The fraction of sp³-hybridized carbons (Fsp3) is 0.367. The van der Waals surface area contributed by atoms with E-state index >= 15 is 0 Å². The Kier molecular flexibility index (Phi) is 7.72. The van der Waals surface area contributed by atoms with E-state index in [1.54, 1.807) is 19.2 Å². The number of benzene rings is 3. The molecule has 194 valence electrons. The van der Waals surface area contributed by atoms with Crippen LogP contribution in [0, 0.1) is 19.7 Å². The van der Waals surface area contributed by atoms with Crippen LogP contribution in [0.2, 0.25) is 0 Å². The van der Waals surface area contributed by atoms with Gasteiger partial charge in [-0.3, -0.25) is 9.58 Å². The van der Waals surface area contributed by atoms with Crippen molar-refractivity contribution in [2.24, 2.45) is 0 Å². The minimum absolute atomic E-state index is 0.243. The number of rotatable bonds is 10. The van der Waals surface area contributed by atoms with E-state index in [0.717, 1.165) is 66.4 Å². The molecule has 0 radical (unpaired) electrons. The van der Waals surface area contributed by atoms with Crippen LogP contribution >= 0.6 is 0 Å². The topological polar surface area (TPSA) is 54.4 Å². The number of aryl methyl sites for hydroxylation is 3. The number of ether oxygens (including phenoxy) is 1. The zero-order valence-corrected chi connectivity index (χ0v) is 21.9. The second kappa shape index (κ2) is 11.3. The Morgan fingerprint density at radius 2 is 1.73 bits per heavy atom. The minimum atomic E-state index is -0.243. The van der Waals surface area contributed by atoms with E-state index in [9.17, 15) is 4.39 Å². The minimum Gasteiger partial charge on any atom is -0.383 e. The van der Waals surface area contributed by atoms with Gasteiger partial charge in [-0.1, -0.05) is 18.2 Å². The average Bonchev–Trinajstić information content (AvgIpc) is 3.47. The molecule has 0 bridgehead atoms. The van der Waals surface area contributed by atoms with Crippen molar-refractivity contribution < 1.29 is 9.13 Å². The molecule has 1 aliphatic rings. The van der Waals surface area contributed by atoms with Crippen molar-refractivity contribution in [1.82, 2.24) is 14.7 Å². The van der Waals surface area contributed by atoms with Crippen LogP contribution in [-0.2, 0) is 11.3 Å². The smallest absolute Gasteiger partial charge is 0.160 e. The van der Waals surface area contributed by atoms with Gasteiger partial charge >= 0.3 is 0 Å².